The van der Waals surface area contributed by atoms with Gasteiger partial charge in [0.15, 0.2) is 0 Å². The predicted molar refractivity (Wildman–Crippen MR) is 68.4 cm³/mol. The van der Waals surface area contributed by atoms with Crippen LogP contribution in [0.25, 0.3) is 0 Å². The van der Waals surface area contributed by atoms with Crippen LogP contribution in [0.4, 0.5) is 0 Å². The van der Waals surface area contributed by atoms with E-state index in [0.29, 0.717) is 5.92 Å². The number of hydrogen-bond donors (Lipinski definition) is 1. The van der Waals surface area contributed by atoms with Crippen LogP contribution in [0.5, 0.6) is 0 Å². The molecular formula is C13H22ClNO. The van der Waals surface area contributed by atoms with Crippen molar-refractivity contribution in [3.05, 3.63) is 0 Å². The van der Waals surface area contributed by atoms with E-state index in [2.05, 4.69) is 4.99 Å². The lowest BCUT2D eigenvalue weighted by Gasteiger charge is -2.35. The summed E-state index contributed by atoms with van der Waals surface area (Å²) in [6.45, 7) is 0. The van der Waals surface area contributed by atoms with Crippen LogP contribution in [0, 0.1) is 5.92 Å². The largest absolute Gasteiger partial charge is 0.384 e. The van der Waals surface area contributed by atoms with Crippen LogP contribution in [0.3, 0.4) is 0 Å². The highest BCUT2D eigenvalue weighted by Gasteiger charge is 2.42. The first-order valence-electron chi connectivity index (χ1n) is 6.51. The maximum Gasteiger partial charge on any atom is 0.103 e. The van der Waals surface area contributed by atoms with E-state index in [1.165, 1.54) is 12.8 Å². The molecule has 1 N–H and O–H groups in total. The van der Waals surface area contributed by atoms with Gasteiger partial charge in [-0.3, -0.25) is 4.99 Å². The fourth-order valence-electron chi connectivity index (χ4n) is 3.33. The van der Waals surface area contributed by atoms with Crippen molar-refractivity contribution in [2.24, 2.45) is 10.9 Å². The lowest BCUT2D eigenvalue weighted by molar-refractivity contribution is 0.112. The van der Waals surface area contributed by atoms with E-state index in [9.17, 15) is 5.11 Å². The first-order valence-corrected chi connectivity index (χ1v) is 6.94. The first kappa shape index (κ1) is 12.4. The second kappa shape index (κ2) is 5.05. The number of rotatable bonds is 2. The molecule has 0 saturated heterocycles. The maximum atomic E-state index is 10.6. The zero-order chi connectivity index (χ0) is 11.6. The zero-order valence-corrected chi connectivity index (χ0v) is 10.8. The number of aliphatic imine (C=N–C) groups is 1. The van der Waals surface area contributed by atoms with Crippen LogP contribution in [-0.2, 0) is 0 Å². The minimum Gasteiger partial charge on any atom is -0.384 e. The molecule has 0 spiro atoms. The molecule has 0 bridgehead atoms. The Balaban J connectivity index is 2.15. The van der Waals surface area contributed by atoms with Gasteiger partial charge in [0.25, 0.3) is 0 Å². The lowest BCUT2D eigenvalue weighted by atomic mass is 9.78. The van der Waals surface area contributed by atoms with E-state index < -0.39 is 5.60 Å². The van der Waals surface area contributed by atoms with Gasteiger partial charge in [0, 0.05) is 24.1 Å². The Bertz CT molecular complexity index is 271. The van der Waals surface area contributed by atoms with Gasteiger partial charge in [-0.05, 0) is 25.7 Å². The molecule has 2 unspecified atom stereocenters. The number of hydrogen-bond acceptors (Lipinski definition) is 2. The summed E-state index contributed by atoms with van der Waals surface area (Å²) in [7, 11) is 1.81. The quantitative estimate of drug-likeness (QED) is 0.587. The second-order valence-corrected chi connectivity index (χ2v) is 5.82. The van der Waals surface area contributed by atoms with E-state index in [1.807, 2.05) is 7.05 Å². The fourth-order valence-corrected chi connectivity index (χ4v) is 3.73. The highest BCUT2D eigenvalue weighted by molar-refractivity contribution is 6.22. The summed E-state index contributed by atoms with van der Waals surface area (Å²) in [6, 6.07) is 0. The summed E-state index contributed by atoms with van der Waals surface area (Å²) in [5, 5.41) is 10.8. The Kier molecular flexibility index (Phi) is 3.91. The summed E-state index contributed by atoms with van der Waals surface area (Å²) >= 11 is 6.40. The van der Waals surface area contributed by atoms with E-state index in [-0.39, 0.29) is 5.38 Å². The Morgan fingerprint density at radius 3 is 2.38 bits per heavy atom. The molecule has 2 aliphatic rings. The number of aliphatic hydroxyl groups is 1. The molecule has 2 saturated carbocycles. The zero-order valence-electron chi connectivity index (χ0n) is 10.1. The number of alkyl halides is 1. The highest BCUT2D eigenvalue weighted by Crippen LogP contribution is 2.39. The van der Waals surface area contributed by atoms with Crippen LogP contribution in [-0.4, -0.2) is 28.8 Å². The highest BCUT2D eigenvalue weighted by atomic mass is 35.5. The Morgan fingerprint density at radius 1 is 1.19 bits per heavy atom. The summed E-state index contributed by atoms with van der Waals surface area (Å²) in [4.78, 5) is 4.40. The topological polar surface area (TPSA) is 32.6 Å². The van der Waals surface area contributed by atoms with E-state index in [1.54, 1.807) is 0 Å². The summed E-state index contributed by atoms with van der Waals surface area (Å²) in [6.07, 6.45) is 8.61. The third-order valence-electron chi connectivity index (χ3n) is 4.18. The Labute approximate surface area is 103 Å². The van der Waals surface area contributed by atoms with Crippen molar-refractivity contribution in [2.45, 2.75) is 62.3 Å². The molecule has 2 rings (SSSR count). The lowest BCUT2D eigenvalue weighted by Crippen LogP contribution is -2.44. The van der Waals surface area contributed by atoms with E-state index >= 15 is 0 Å². The van der Waals surface area contributed by atoms with Crippen LogP contribution in [0.15, 0.2) is 4.99 Å². The van der Waals surface area contributed by atoms with Gasteiger partial charge < -0.3 is 5.11 Å². The van der Waals surface area contributed by atoms with Crippen molar-refractivity contribution in [3.63, 3.8) is 0 Å². The Hall–Kier alpha value is -0.0800. The van der Waals surface area contributed by atoms with Crippen LogP contribution in [0.2, 0.25) is 0 Å². The minimum atomic E-state index is -0.635. The molecule has 0 aromatic rings. The molecule has 3 heteroatoms. The average Bonchev–Trinajstić information content (AvgIpc) is 2.70. The molecule has 16 heavy (non-hydrogen) atoms. The maximum absolute atomic E-state index is 10.6. The van der Waals surface area contributed by atoms with Gasteiger partial charge in [-0.25, -0.2) is 0 Å². The molecule has 0 amide bonds. The van der Waals surface area contributed by atoms with Crippen molar-refractivity contribution < 1.29 is 5.11 Å². The molecule has 0 aromatic carbocycles. The van der Waals surface area contributed by atoms with Gasteiger partial charge in [0.2, 0.25) is 0 Å². The van der Waals surface area contributed by atoms with Crippen molar-refractivity contribution in [1.29, 1.82) is 0 Å². The standard InChI is InChI=1S/C13H22ClNO/c1-15-12(13(16)8-4-5-9-13)10-6-2-3-7-11(10)14/h10-11,16H,2-9H2,1H3. The van der Waals surface area contributed by atoms with Gasteiger partial charge >= 0.3 is 0 Å². The molecule has 2 aliphatic carbocycles. The molecule has 2 atom stereocenters. The van der Waals surface area contributed by atoms with Gasteiger partial charge in [-0.1, -0.05) is 25.7 Å². The molecular weight excluding hydrogens is 222 g/mol. The van der Waals surface area contributed by atoms with Crippen LogP contribution >= 0.6 is 11.6 Å². The summed E-state index contributed by atoms with van der Waals surface area (Å²) in [5.41, 5.74) is 0.355. The Morgan fingerprint density at radius 2 is 1.81 bits per heavy atom. The number of halogens is 1. The normalized spacial score (nSPS) is 35.3. The van der Waals surface area contributed by atoms with Gasteiger partial charge in [-0.15, -0.1) is 11.6 Å². The molecule has 0 aromatic heterocycles. The van der Waals surface area contributed by atoms with Gasteiger partial charge in [-0.2, -0.15) is 0 Å². The molecule has 92 valence electrons. The second-order valence-electron chi connectivity index (χ2n) is 5.25. The third kappa shape index (κ3) is 2.28. The molecule has 2 nitrogen and oxygen atoms in total. The SMILES string of the molecule is CN=C(C1CCCCC1Cl)C1(O)CCCC1. The monoisotopic (exact) mass is 243 g/mol. The predicted octanol–water partition coefficient (Wildman–Crippen LogP) is 3.16. The average molecular weight is 244 g/mol. The first-order chi connectivity index (χ1) is 7.67. The van der Waals surface area contributed by atoms with Crippen molar-refractivity contribution >= 4 is 17.3 Å². The van der Waals surface area contributed by atoms with Crippen molar-refractivity contribution in [3.8, 4) is 0 Å². The van der Waals surface area contributed by atoms with Crippen molar-refractivity contribution in [2.75, 3.05) is 7.05 Å². The third-order valence-corrected chi connectivity index (χ3v) is 4.70. The minimum absolute atomic E-state index is 0.178. The van der Waals surface area contributed by atoms with E-state index in [4.69, 9.17) is 11.6 Å². The van der Waals surface area contributed by atoms with Crippen LogP contribution < -0.4 is 0 Å². The number of nitrogens with zero attached hydrogens (tertiary/aromatic N) is 1. The summed E-state index contributed by atoms with van der Waals surface area (Å²) < 4.78 is 0. The summed E-state index contributed by atoms with van der Waals surface area (Å²) in [5.74, 6) is 0.309. The van der Waals surface area contributed by atoms with E-state index in [0.717, 1.165) is 44.2 Å². The van der Waals surface area contributed by atoms with Gasteiger partial charge in [0.1, 0.15) is 5.60 Å². The molecule has 0 radical (unpaired) electrons. The molecule has 0 heterocycles. The van der Waals surface area contributed by atoms with Gasteiger partial charge in [0.05, 0.1) is 0 Å². The smallest absolute Gasteiger partial charge is 0.103 e. The fraction of sp³-hybridized carbons (Fsp3) is 0.923. The van der Waals surface area contributed by atoms with Crippen molar-refractivity contribution in [1.82, 2.24) is 0 Å². The molecule has 2 fully saturated rings. The van der Waals surface area contributed by atoms with Crippen LogP contribution in [0.1, 0.15) is 51.4 Å². The molecule has 0 aliphatic heterocycles.